The molecule has 2 aromatic carbocycles. The molecule has 1 atom stereocenters. The maximum Gasteiger partial charge on any atom is 0.124 e. The highest BCUT2D eigenvalue weighted by atomic mass is 79.9. The van der Waals surface area contributed by atoms with E-state index in [9.17, 15) is 0 Å². The monoisotopic (exact) mass is 347 g/mol. The van der Waals surface area contributed by atoms with Gasteiger partial charge < -0.3 is 14.8 Å². The topological polar surface area (TPSA) is 30.5 Å². The van der Waals surface area contributed by atoms with Gasteiger partial charge in [0, 0.05) is 22.1 Å². The number of benzene rings is 2. The second-order valence-corrected chi connectivity index (χ2v) is 5.97. The molecule has 4 heteroatoms. The number of hydrogen-bond acceptors (Lipinski definition) is 3. The molecule has 0 fully saturated rings. The van der Waals surface area contributed by atoms with Gasteiger partial charge in [0.1, 0.15) is 11.5 Å². The van der Waals surface area contributed by atoms with Crippen molar-refractivity contribution in [2.75, 3.05) is 19.0 Å². The number of anilines is 1. The van der Waals surface area contributed by atoms with Gasteiger partial charge in [0.25, 0.3) is 0 Å². The Bertz CT molecular complexity index is 657. The fourth-order valence-corrected chi connectivity index (χ4v) is 2.97. The van der Waals surface area contributed by atoms with E-state index < -0.39 is 0 Å². The average Bonchev–Trinajstić information content (AvgIpc) is 2.51. The maximum atomic E-state index is 5.74. The van der Waals surface area contributed by atoms with Crippen LogP contribution in [0.2, 0.25) is 0 Å². The Labute approximate surface area is 133 Å². The van der Waals surface area contributed by atoms with Crippen molar-refractivity contribution >= 4 is 21.6 Å². The minimum atomic E-state index is 0.224. The Morgan fingerprint density at radius 1 is 1.29 bits per heavy atom. The molecule has 110 valence electrons. The maximum absolute atomic E-state index is 5.74. The third-order valence-corrected chi connectivity index (χ3v) is 4.83. The Morgan fingerprint density at radius 2 is 2.14 bits per heavy atom. The van der Waals surface area contributed by atoms with Crippen LogP contribution in [-0.4, -0.2) is 13.7 Å². The molecule has 3 nitrogen and oxygen atoms in total. The molecule has 3 rings (SSSR count). The van der Waals surface area contributed by atoms with Crippen molar-refractivity contribution in [3.63, 3.8) is 0 Å². The van der Waals surface area contributed by atoms with E-state index in [0.29, 0.717) is 0 Å². The molecule has 0 aliphatic carbocycles. The van der Waals surface area contributed by atoms with Gasteiger partial charge in [0.05, 0.1) is 19.8 Å². The first-order valence-electron chi connectivity index (χ1n) is 7.01. The summed E-state index contributed by atoms with van der Waals surface area (Å²) in [5.41, 5.74) is 3.47. The molecule has 0 saturated heterocycles. The molecule has 1 N–H and O–H groups in total. The number of methoxy groups -OCH3 is 1. The molecular weight excluding hydrogens is 330 g/mol. The second-order valence-electron chi connectivity index (χ2n) is 5.17. The van der Waals surface area contributed by atoms with Crippen LogP contribution in [0.3, 0.4) is 0 Å². The van der Waals surface area contributed by atoms with Crippen molar-refractivity contribution in [2.24, 2.45) is 0 Å². The first-order valence-corrected chi connectivity index (χ1v) is 7.80. The summed E-state index contributed by atoms with van der Waals surface area (Å²) in [5, 5.41) is 3.62. The number of hydrogen-bond donors (Lipinski definition) is 1. The number of nitrogens with one attached hydrogen (secondary N) is 1. The summed E-state index contributed by atoms with van der Waals surface area (Å²) in [7, 11) is 1.69. The van der Waals surface area contributed by atoms with Crippen molar-refractivity contribution < 1.29 is 9.47 Å². The second kappa shape index (κ2) is 5.98. The molecule has 1 heterocycles. The molecule has 0 saturated carbocycles. The molecule has 1 aliphatic heterocycles. The van der Waals surface area contributed by atoms with E-state index in [2.05, 4.69) is 52.4 Å². The van der Waals surface area contributed by atoms with Gasteiger partial charge >= 0.3 is 0 Å². The van der Waals surface area contributed by atoms with Crippen LogP contribution in [0.4, 0.5) is 5.69 Å². The predicted molar refractivity (Wildman–Crippen MR) is 88.3 cm³/mol. The van der Waals surface area contributed by atoms with Gasteiger partial charge in [-0.05, 0) is 52.7 Å². The van der Waals surface area contributed by atoms with E-state index in [1.54, 1.807) is 7.11 Å². The number of rotatable bonds is 3. The molecule has 2 aromatic rings. The van der Waals surface area contributed by atoms with Crippen LogP contribution >= 0.6 is 15.9 Å². The van der Waals surface area contributed by atoms with Crippen LogP contribution in [0.15, 0.2) is 40.9 Å². The van der Waals surface area contributed by atoms with Gasteiger partial charge in [-0.3, -0.25) is 0 Å². The molecule has 1 aliphatic rings. The van der Waals surface area contributed by atoms with Crippen LogP contribution < -0.4 is 14.8 Å². The van der Waals surface area contributed by atoms with Gasteiger partial charge in [-0.25, -0.2) is 0 Å². The van der Waals surface area contributed by atoms with Crippen molar-refractivity contribution in [1.29, 1.82) is 0 Å². The third-order valence-electron chi connectivity index (χ3n) is 3.78. The van der Waals surface area contributed by atoms with E-state index in [0.717, 1.165) is 40.3 Å². The third kappa shape index (κ3) is 2.86. The van der Waals surface area contributed by atoms with Crippen LogP contribution in [0.5, 0.6) is 11.5 Å². The van der Waals surface area contributed by atoms with E-state index in [4.69, 9.17) is 9.47 Å². The first kappa shape index (κ1) is 14.3. The molecular formula is C17H18BrNO2. The van der Waals surface area contributed by atoms with Crippen molar-refractivity contribution in [1.82, 2.24) is 0 Å². The zero-order valence-corrected chi connectivity index (χ0v) is 13.7. The van der Waals surface area contributed by atoms with Crippen LogP contribution in [0.25, 0.3) is 0 Å². The SMILES string of the molecule is COc1ccc2c(c1)C(Nc1cccc(C)c1Br)CCO2. The van der Waals surface area contributed by atoms with Gasteiger partial charge in [0.15, 0.2) is 0 Å². The summed E-state index contributed by atoms with van der Waals surface area (Å²) in [4.78, 5) is 0. The lowest BCUT2D eigenvalue weighted by Crippen LogP contribution is -2.20. The highest BCUT2D eigenvalue weighted by Crippen LogP contribution is 2.38. The van der Waals surface area contributed by atoms with Gasteiger partial charge in [-0.15, -0.1) is 0 Å². The molecule has 0 aromatic heterocycles. The Morgan fingerprint density at radius 3 is 2.95 bits per heavy atom. The molecule has 0 radical (unpaired) electrons. The summed E-state index contributed by atoms with van der Waals surface area (Å²) >= 11 is 3.66. The van der Waals surface area contributed by atoms with Crippen LogP contribution in [-0.2, 0) is 0 Å². The fraction of sp³-hybridized carbons (Fsp3) is 0.294. The molecule has 21 heavy (non-hydrogen) atoms. The average molecular weight is 348 g/mol. The summed E-state index contributed by atoms with van der Waals surface area (Å²) < 4.78 is 12.2. The number of aryl methyl sites for hydroxylation is 1. The molecule has 0 amide bonds. The lowest BCUT2D eigenvalue weighted by Gasteiger charge is -2.28. The number of ether oxygens (including phenoxy) is 2. The standard InChI is InChI=1S/C17H18BrNO2/c1-11-4-3-5-15(17(11)18)19-14-8-9-21-16-7-6-12(20-2)10-13(14)16/h3-7,10,14,19H,8-9H2,1-2H3. The highest BCUT2D eigenvalue weighted by molar-refractivity contribution is 9.10. The summed E-state index contributed by atoms with van der Waals surface area (Å²) in [6.07, 6.45) is 0.931. The van der Waals surface area contributed by atoms with Crippen molar-refractivity contribution in [2.45, 2.75) is 19.4 Å². The Balaban J connectivity index is 1.93. The minimum Gasteiger partial charge on any atom is -0.497 e. The van der Waals surface area contributed by atoms with Crippen molar-refractivity contribution in [3.05, 3.63) is 52.0 Å². The first-order chi connectivity index (χ1) is 10.2. The highest BCUT2D eigenvalue weighted by Gasteiger charge is 2.22. The van der Waals surface area contributed by atoms with E-state index >= 15 is 0 Å². The largest absolute Gasteiger partial charge is 0.497 e. The van der Waals surface area contributed by atoms with Crippen molar-refractivity contribution in [3.8, 4) is 11.5 Å². The summed E-state index contributed by atoms with van der Waals surface area (Å²) in [5.74, 6) is 1.79. The number of fused-ring (bicyclic) bond motifs is 1. The van der Waals surface area contributed by atoms with Crippen LogP contribution in [0.1, 0.15) is 23.6 Å². The number of halogens is 1. The Hall–Kier alpha value is -1.68. The predicted octanol–water partition coefficient (Wildman–Crippen LogP) is 4.70. The van der Waals surface area contributed by atoms with Gasteiger partial charge in [-0.1, -0.05) is 12.1 Å². The summed E-state index contributed by atoms with van der Waals surface area (Å²) in [6, 6.07) is 12.4. The zero-order valence-electron chi connectivity index (χ0n) is 12.2. The minimum absolute atomic E-state index is 0.224. The molecule has 0 bridgehead atoms. The van der Waals surface area contributed by atoms with Gasteiger partial charge in [0.2, 0.25) is 0 Å². The molecule has 0 spiro atoms. The quantitative estimate of drug-likeness (QED) is 0.872. The van der Waals surface area contributed by atoms with E-state index in [-0.39, 0.29) is 6.04 Å². The van der Waals surface area contributed by atoms with Gasteiger partial charge in [-0.2, -0.15) is 0 Å². The zero-order chi connectivity index (χ0) is 14.8. The lowest BCUT2D eigenvalue weighted by atomic mass is 9.99. The van der Waals surface area contributed by atoms with E-state index in [1.165, 1.54) is 5.56 Å². The lowest BCUT2D eigenvalue weighted by molar-refractivity contribution is 0.273. The normalized spacial score (nSPS) is 16.8. The smallest absolute Gasteiger partial charge is 0.124 e. The molecule has 1 unspecified atom stereocenters. The fourth-order valence-electron chi connectivity index (χ4n) is 2.60. The van der Waals surface area contributed by atoms with E-state index in [1.807, 2.05) is 12.1 Å². The van der Waals surface area contributed by atoms with Crippen LogP contribution in [0, 0.1) is 6.92 Å². The summed E-state index contributed by atoms with van der Waals surface area (Å²) in [6.45, 7) is 2.82. The Kier molecular flexibility index (Phi) is 4.06.